The summed E-state index contributed by atoms with van der Waals surface area (Å²) in [5, 5.41) is 12.0. The third kappa shape index (κ3) is 4.12. The van der Waals surface area contributed by atoms with Crippen molar-refractivity contribution in [1.29, 1.82) is 0 Å². The van der Waals surface area contributed by atoms with E-state index in [1.165, 1.54) is 6.92 Å². The Morgan fingerprint density at radius 2 is 2.33 bits per heavy atom. The van der Waals surface area contributed by atoms with Crippen molar-refractivity contribution in [2.45, 2.75) is 13.5 Å². The molecule has 1 aromatic carbocycles. The maximum atomic E-state index is 10.4. The zero-order valence-corrected chi connectivity index (χ0v) is 9.69. The topological polar surface area (TPSA) is 58.9 Å². The minimum absolute atomic E-state index is 0.0648. The number of hydrogen-bond acceptors (Lipinski definition) is 3. The molecule has 0 spiro atoms. The predicted molar refractivity (Wildman–Crippen MR) is 59.7 cm³/mol. The molecule has 0 aliphatic rings. The molecule has 0 fully saturated rings. The molecule has 0 aliphatic carbocycles. The standard InChI is InChI=1S/C10H10BrNO3/c1-7(10(13)14)12-15-6-8-3-2-4-9(11)5-8/h2-5H,6H2,1H3,(H,13,14). The van der Waals surface area contributed by atoms with Gasteiger partial charge in [0.2, 0.25) is 0 Å². The van der Waals surface area contributed by atoms with Crippen molar-refractivity contribution in [3.8, 4) is 0 Å². The first-order valence-electron chi connectivity index (χ1n) is 4.24. The van der Waals surface area contributed by atoms with Crippen molar-refractivity contribution in [3.05, 3.63) is 34.3 Å². The summed E-state index contributed by atoms with van der Waals surface area (Å²) in [4.78, 5) is 15.3. The summed E-state index contributed by atoms with van der Waals surface area (Å²) in [6.07, 6.45) is 0. The maximum Gasteiger partial charge on any atom is 0.353 e. The molecule has 0 bridgehead atoms. The summed E-state index contributed by atoms with van der Waals surface area (Å²) in [5.41, 5.74) is 0.858. The van der Waals surface area contributed by atoms with Crippen LogP contribution < -0.4 is 0 Å². The zero-order valence-electron chi connectivity index (χ0n) is 8.11. The molecule has 0 radical (unpaired) electrons. The lowest BCUT2D eigenvalue weighted by atomic mass is 10.2. The number of oxime groups is 1. The van der Waals surface area contributed by atoms with Crippen LogP contribution in [0, 0.1) is 0 Å². The van der Waals surface area contributed by atoms with Crippen LogP contribution >= 0.6 is 15.9 Å². The van der Waals surface area contributed by atoms with E-state index >= 15 is 0 Å². The number of aliphatic carboxylic acids is 1. The molecular weight excluding hydrogens is 262 g/mol. The Morgan fingerprint density at radius 1 is 1.60 bits per heavy atom. The SMILES string of the molecule is CC(=NOCc1cccc(Br)c1)C(=O)O. The second kappa shape index (κ2) is 5.50. The largest absolute Gasteiger partial charge is 0.477 e. The van der Waals surface area contributed by atoms with E-state index in [9.17, 15) is 4.79 Å². The smallest absolute Gasteiger partial charge is 0.353 e. The van der Waals surface area contributed by atoms with Gasteiger partial charge in [0.25, 0.3) is 0 Å². The highest BCUT2D eigenvalue weighted by Crippen LogP contribution is 2.12. The van der Waals surface area contributed by atoms with Gasteiger partial charge in [0, 0.05) is 4.47 Å². The van der Waals surface area contributed by atoms with Crippen LogP contribution in [-0.4, -0.2) is 16.8 Å². The van der Waals surface area contributed by atoms with Gasteiger partial charge in [-0.3, -0.25) is 0 Å². The van der Waals surface area contributed by atoms with Crippen LogP contribution in [0.4, 0.5) is 0 Å². The number of rotatable bonds is 4. The third-order valence-corrected chi connectivity index (χ3v) is 2.12. The van der Waals surface area contributed by atoms with Gasteiger partial charge in [0.1, 0.15) is 6.61 Å². The van der Waals surface area contributed by atoms with E-state index in [-0.39, 0.29) is 12.3 Å². The van der Waals surface area contributed by atoms with Crippen molar-refractivity contribution in [3.63, 3.8) is 0 Å². The van der Waals surface area contributed by atoms with Gasteiger partial charge in [-0.2, -0.15) is 0 Å². The van der Waals surface area contributed by atoms with Gasteiger partial charge in [0.15, 0.2) is 5.71 Å². The van der Waals surface area contributed by atoms with Crippen LogP contribution in [0.15, 0.2) is 33.9 Å². The average Bonchev–Trinajstić information content (AvgIpc) is 2.17. The molecular formula is C10H10BrNO3. The van der Waals surface area contributed by atoms with E-state index in [1.807, 2.05) is 24.3 Å². The molecule has 0 amide bonds. The zero-order chi connectivity index (χ0) is 11.3. The van der Waals surface area contributed by atoms with Crippen molar-refractivity contribution in [1.82, 2.24) is 0 Å². The fourth-order valence-electron chi connectivity index (χ4n) is 0.869. The van der Waals surface area contributed by atoms with E-state index in [4.69, 9.17) is 9.94 Å². The summed E-state index contributed by atoms with van der Waals surface area (Å²) < 4.78 is 0.947. The number of halogens is 1. The Hall–Kier alpha value is -1.36. The van der Waals surface area contributed by atoms with Crippen LogP contribution in [0.5, 0.6) is 0 Å². The summed E-state index contributed by atoms with van der Waals surface area (Å²) in [5.74, 6) is -1.08. The number of hydrogen-bond donors (Lipinski definition) is 1. The molecule has 1 N–H and O–H groups in total. The van der Waals surface area contributed by atoms with Crippen molar-refractivity contribution >= 4 is 27.6 Å². The molecule has 0 heterocycles. The summed E-state index contributed by atoms with van der Waals surface area (Å²) in [7, 11) is 0. The number of carboxylic acid groups (broad SMARTS) is 1. The maximum absolute atomic E-state index is 10.4. The Morgan fingerprint density at radius 3 is 2.93 bits per heavy atom. The number of carboxylic acids is 1. The lowest BCUT2D eigenvalue weighted by molar-refractivity contribution is -0.129. The highest BCUT2D eigenvalue weighted by molar-refractivity contribution is 9.10. The van der Waals surface area contributed by atoms with Crippen molar-refractivity contribution in [2.24, 2.45) is 5.16 Å². The van der Waals surface area contributed by atoms with E-state index < -0.39 is 5.97 Å². The van der Waals surface area contributed by atoms with E-state index in [1.54, 1.807) is 0 Å². The summed E-state index contributed by atoms with van der Waals surface area (Å²) >= 11 is 3.32. The first-order valence-corrected chi connectivity index (χ1v) is 5.03. The molecule has 4 nitrogen and oxygen atoms in total. The lowest BCUT2D eigenvalue weighted by Crippen LogP contribution is -2.08. The second-order valence-electron chi connectivity index (χ2n) is 2.89. The van der Waals surface area contributed by atoms with Crippen LogP contribution in [-0.2, 0) is 16.2 Å². The molecule has 80 valence electrons. The van der Waals surface area contributed by atoms with Gasteiger partial charge in [-0.05, 0) is 24.6 Å². The Bertz CT molecular complexity index is 390. The van der Waals surface area contributed by atoms with Gasteiger partial charge < -0.3 is 9.94 Å². The van der Waals surface area contributed by atoms with Crippen molar-refractivity contribution < 1.29 is 14.7 Å². The lowest BCUT2D eigenvalue weighted by Gasteiger charge is -2.00. The van der Waals surface area contributed by atoms with Crippen LogP contribution in [0.1, 0.15) is 12.5 Å². The Balaban J connectivity index is 2.51. The molecule has 15 heavy (non-hydrogen) atoms. The summed E-state index contributed by atoms with van der Waals surface area (Å²) in [6, 6.07) is 7.52. The predicted octanol–water partition coefficient (Wildman–Crippen LogP) is 2.43. The third-order valence-electron chi connectivity index (χ3n) is 1.63. The van der Waals surface area contributed by atoms with Gasteiger partial charge >= 0.3 is 5.97 Å². The molecule has 0 saturated carbocycles. The van der Waals surface area contributed by atoms with Gasteiger partial charge in [-0.1, -0.05) is 33.2 Å². The molecule has 0 saturated heterocycles. The highest BCUT2D eigenvalue weighted by atomic mass is 79.9. The fraction of sp³-hybridized carbons (Fsp3) is 0.200. The molecule has 1 rings (SSSR count). The normalized spacial score (nSPS) is 11.2. The van der Waals surface area contributed by atoms with Gasteiger partial charge in [-0.15, -0.1) is 0 Å². The molecule has 0 atom stereocenters. The molecule has 0 unspecified atom stereocenters. The van der Waals surface area contributed by atoms with E-state index in [0.717, 1.165) is 10.0 Å². The first-order chi connectivity index (χ1) is 7.09. The molecule has 5 heteroatoms. The minimum Gasteiger partial charge on any atom is -0.477 e. The Kier molecular flexibility index (Phi) is 4.30. The monoisotopic (exact) mass is 271 g/mol. The summed E-state index contributed by atoms with van der Waals surface area (Å²) in [6.45, 7) is 1.63. The molecule has 0 aliphatic heterocycles. The highest BCUT2D eigenvalue weighted by Gasteiger charge is 2.01. The van der Waals surface area contributed by atoms with Crippen LogP contribution in [0.25, 0.3) is 0 Å². The number of carbonyl (C=O) groups is 1. The van der Waals surface area contributed by atoms with E-state index in [0.29, 0.717) is 0 Å². The number of benzene rings is 1. The molecule has 1 aromatic rings. The number of nitrogens with zero attached hydrogens (tertiary/aromatic N) is 1. The second-order valence-corrected chi connectivity index (χ2v) is 3.80. The van der Waals surface area contributed by atoms with Gasteiger partial charge in [-0.25, -0.2) is 4.79 Å². The quantitative estimate of drug-likeness (QED) is 0.676. The van der Waals surface area contributed by atoms with E-state index in [2.05, 4.69) is 21.1 Å². The Labute approximate surface area is 95.7 Å². The average molecular weight is 272 g/mol. The van der Waals surface area contributed by atoms with Crippen LogP contribution in [0.3, 0.4) is 0 Å². The van der Waals surface area contributed by atoms with Gasteiger partial charge in [0.05, 0.1) is 0 Å². The molecule has 0 aromatic heterocycles. The van der Waals surface area contributed by atoms with Crippen LogP contribution in [0.2, 0.25) is 0 Å². The minimum atomic E-state index is -1.08. The van der Waals surface area contributed by atoms with Crippen molar-refractivity contribution in [2.75, 3.05) is 0 Å². The fourth-order valence-corrected chi connectivity index (χ4v) is 1.32. The first kappa shape index (κ1) is 11.7.